The highest BCUT2D eigenvalue weighted by Gasteiger charge is 2.11. The Morgan fingerprint density at radius 1 is 1.33 bits per heavy atom. The number of unbranched alkanes of at least 4 members (excludes halogenated alkanes) is 2. The van der Waals surface area contributed by atoms with Crippen LogP contribution >= 0.6 is 0 Å². The third-order valence-corrected chi connectivity index (χ3v) is 3.43. The summed E-state index contributed by atoms with van der Waals surface area (Å²) in [6.07, 6.45) is 9.70. The van der Waals surface area contributed by atoms with Crippen LogP contribution in [-0.2, 0) is 0 Å². The fourth-order valence-corrected chi connectivity index (χ4v) is 2.25. The quantitative estimate of drug-likeness (QED) is 0.693. The molecule has 6 nitrogen and oxygen atoms in total. The average molecular weight is 291 g/mol. The van der Waals surface area contributed by atoms with Crippen molar-refractivity contribution in [1.82, 2.24) is 14.4 Å². The molecule has 0 amide bonds. The fourth-order valence-electron chi connectivity index (χ4n) is 2.25. The van der Waals surface area contributed by atoms with Gasteiger partial charge in [-0.1, -0.05) is 6.92 Å². The normalized spacial score (nSPS) is 11.0. The van der Waals surface area contributed by atoms with Crippen LogP contribution in [0.5, 0.6) is 0 Å². The van der Waals surface area contributed by atoms with E-state index in [9.17, 15) is 0 Å². The minimum atomic E-state index is 0.267. The molecule has 2 aromatic rings. The number of anilines is 2. The minimum absolute atomic E-state index is 0.267. The topological polar surface area (TPSA) is 65.7 Å². The molecule has 0 saturated heterocycles. The molecule has 0 aromatic carbocycles. The van der Waals surface area contributed by atoms with Crippen LogP contribution in [0.1, 0.15) is 32.6 Å². The Morgan fingerprint density at radius 3 is 2.95 bits per heavy atom. The standard InChI is InChI=1S/C15H25N5O/c1-3-7-16-13-12-20-10-8-17-14(20)15(18-13)19(2)9-5-4-6-11-21/h8,10,12,16,21H,3-7,9,11H2,1-2H3. The number of fused-ring (bicyclic) bond motifs is 1. The Hall–Kier alpha value is -1.82. The fraction of sp³-hybridized carbons (Fsp3) is 0.600. The molecule has 0 aliphatic rings. The lowest BCUT2D eigenvalue weighted by molar-refractivity contribution is 0.283. The molecule has 0 bridgehead atoms. The first-order valence-corrected chi connectivity index (χ1v) is 7.65. The van der Waals surface area contributed by atoms with E-state index in [-0.39, 0.29) is 6.61 Å². The van der Waals surface area contributed by atoms with Crippen LogP contribution in [-0.4, -0.2) is 46.2 Å². The number of nitrogens with one attached hydrogen (secondary N) is 1. The second-order valence-electron chi connectivity index (χ2n) is 5.24. The van der Waals surface area contributed by atoms with Crippen LogP contribution in [0.2, 0.25) is 0 Å². The highest BCUT2D eigenvalue weighted by atomic mass is 16.2. The highest BCUT2D eigenvalue weighted by molar-refractivity contribution is 5.66. The summed E-state index contributed by atoms with van der Waals surface area (Å²) < 4.78 is 2.00. The lowest BCUT2D eigenvalue weighted by Crippen LogP contribution is -2.21. The number of aliphatic hydroxyl groups is 1. The highest BCUT2D eigenvalue weighted by Crippen LogP contribution is 2.20. The van der Waals surface area contributed by atoms with Crippen molar-refractivity contribution in [2.45, 2.75) is 32.6 Å². The number of imidazole rings is 1. The Morgan fingerprint density at radius 2 is 2.19 bits per heavy atom. The van der Waals surface area contributed by atoms with Crippen molar-refractivity contribution < 1.29 is 5.11 Å². The van der Waals surface area contributed by atoms with Crippen molar-refractivity contribution in [2.75, 3.05) is 37.0 Å². The molecule has 116 valence electrons. The zero-order chi connectivity index (χ0) is 15.1. The first-order chi connectivity index (χ1) is 10.3. The van der Waals surface area contributed by atoms with Gasteiger partial charge in [0.05, 0.1) is 6.20 Å². The van der Waals surface area contributed by atoms with Gasteiger partial charge >= 0.3 is 0 Å². The molecule has 0 saturated carbocycles. The van der Waals surface area contributed by atoms with Crippen molar-refractivity contribution in [1.29, 1.82) is 0 Å². The summed E-state index contributed by atoms with van der Waals surface area (Å²) in [5.41, 5.74) is 0.877. The summed E-state index contributed by atoms with van der Waals surface area (Å²) in [4.78, 5) is 11.2. The van der Waals surface area contributed by atoms with E-state index in [1.165, 1.54) is 0 Å². The van der Waals surface area contributed by atoms with Gasteiger partial charge < -0.3 is 19.7 Å². The van der Waals surface area contributed by atoms with E-state index >= 15 is 0 Å². The van der Waals surface area contributed by atoms with Gasteiger partial charge in [0.25, 0.3) is 0 Å². The van der Waals surface area contributed by atoms with E-state index in [1.807, 2.05) is 23.8 Å². The molecule has 2 heterocycles. The number of nitrogens with zero attached hydrogens (tertiary/aromatic N) is 4. The SMILES string of the molecule is CCCNc1cn2ccnc2c(N(C)CCCCCO)n1. The first-order valence-electron chi connectivity index (χ1n) is 7.65. The maximum Gasteiger partial charge on any atom is 0.180 e. The van der Waals surface area contributed by atoms with Crippen molar-refractivity contribution >= 4 is 17.3 Å². The Balaban J connectivity index is 2.13. The van der Waals surface area contributed by atoms with E-state index in [1.54, 1.807) is 6.20 Å². The molecule has 0 aliphatic heterocycles. The van der Waals surface area contributed by atoms with Gasteiger partial charge in [0.15, 0.2) is 11.5 Å². The maximum atomic E-state index is 8.83. The smallest absolute Gasteiger partial charge is 0.180 e. The third-order valence-electron chi connectivity index (χ3n) is 3.43. The zero-order valence-electron chi connectivity index (χ0n) is 12.9. The predicted octanol–water partition coefficient (Wildman–Crippen LogP) is 2.15. The molecule has 2 aromatic heterocycles. The first kappa shape index (κ1) is 15.6. The summed E-state index contributed by atoms with van der Waals surface area (Å²) in [6, 6.07) is 0. The van der Waals surface area contributed by atoms with Gasteiger partial charge in [0.1, 0.15) is 5.82 Å². The second kappa shape index (κ2) is 7.83. The van der Waals surface area contributed by atoms with E-state index in [0.29, 0.717) is 0 Å². The number of hydrogen-bond acceptors (Lipinski definition) is 5. The predicted molar refractivity (Wildman–Crippen MR) is 86.0 cm³/mol. The van der Waals surface area contributed by atoms with E-state index in [0.717, 1.165) is 56.1 Å². The lowest BCUT2D eigenvalue weighted by atomic mass is 10.2. The van der Waals surface area contributed by atoms with Gasteiger partial charge in [-0.2, -0.15) is 0 Å². The van der Waals surface area contributed by atoms with Gasteiger partial charge in [0, 0.05) is 39.1 Å². The average Bonchev–Trinajstić information content (AvgIpc) is 2.96. The third kappa shape index (κ3) is 4.07. The van der Waals surface area contributed by atoms with Gasteiger partial charge in [-0.15, -0.1) is 0 Å². The molecule has 0 atom stereocenters. The largest absolute Gasteiger partial charge is 0.396 e. The van der Waals surface area contributed by atoms with Crippen molar-refractivity contribution in [3.63, 3.8) is 0 Å². The Bertz CT molecular complexity index is 554. The van der Waals surface area contributed by atoms with Gasteiger partial charge in [-0.3, -0.25) is 0 Å². The lowest BCUT2D eigenvalue weighted by Gasteiger charge is -2.19. The van der Waals surface area contributed by atoms with Gasteiger partial charge in [-0.25, -0.2) is 9.97 Å². The minimum Gasteiger partial charge on any atom is -0.396 e. The Kier molecular flexibility index (Phi) is 5.80. The molecule has 2 rings (SSSR count). The van der Waals surface area contributed by atoms with Crippen LogP contribution in [0.3, 0.4) is 0 Å². The Labute approximate surface area is 125 Å². The van der Waals surface area contributed by atoms with Gasteiger partial charge in [-0.05, 0) is 25.7 Å². The molecule has 0 fully saturated rings. The number of hydrogen-bond donors (Lipinski definition) is 2. The monoisotopic (exact) mass is 291 g/mol. The second-order valence-corrected chi connectivity index (χ2v) is 5.24. The summed E-state index contributed by atoms with van der Waals surface area (Å²) >= 11 is 0. The number of aliphatic hydroxyl groups excluding tert-OH is 1. The van der Waals surface area contributed by atoms with Gasteiger partial charge in [0.2, 0.25) is 0 Å². The van der Waals surface area contributed by atoms with Crippen LogP contribution < -0.4 is 10.2 Å². The molecule has 0 spiro atoms. The molecular weight excluding hydrogens is 266 g/mol. The van der Waals surface area contributed by atoms with E-state index in [4.69, 9.17) is 10.1 Å². The maximum absolute atomic E-state index is 8.83. The van der Waals surface area contributed by atoms with Crippen molar-refractivity contribution in [3.05, 3.63) is 18.6 Å². The summed E-state index contributed by atoms with van der Waals surface area (Å²) in [5.74, 6) is 1.77. The summed E-state index contributed by atoms with van der Waals surface area (Å²) in [5, 5.41) is 12.2. The van der Waals surface area contributed by atoms with Crippen LogP contribution in [0.4, 0.5) is 11.6 Å². The van der Waals surface area contributed by atoms with Crippen LogP contribution in [0.15, 0.2) is 18.6 Å². The van der Waals surface area contributed by atoms with Crippen LogP contribution in [0.25, 0.3) is 5.65 Å². The van der Waals surface area contributed by atoms with Crippen molar-refractivity contribution in [2.24, 2.45) is 0 Å². The van der Waals surface area contributed by atoms with E-state index in [2.05, 4.69) is 22.1 Å². The zero-order valence-corrected chi connectivity index (χ0v) is 12.9. The number of aromatic nitrogens is 3. The number of rotatable bonds is 9. The molecule has 0 unspecified atom stereocenters. The summed E-state index contributed by atoms with van der Waals surface area (Å²) in [7, 11) is 2.04. The molecule has 21 heavy (non-hydrogen) atoms. The van der Waals surface area contributed by atoms with E-state index < -0.39 is 0 Å². The summed E-state index contributed by atoms with van der Waals surface area (Å²) in [6.45, 7) is 4.22. The van der Waals surface area contributed by atoms with Crippen LogP contribution in [0, 0.1) is 0 Å². The molecular formula is C15H25N5O. The molecule has 6 heteroatoms. The van der Waals surface area contributed by atoms with Crippen molar-refractivity contribution in [3.8, 4) is 0 Å². The molecule has 2 N–H and O–H groups in total. The molecule has 0 aliphatic carbocycles. The molecule has 0 radical (unpaired) electrons.